The molecule has 0 spiro atoms. The molecule has 1 aromatic rings. The molecule has 0 amide bonds. The predicted octanol–water partition coefficient (Wildman–Crippen LogP) is 2.20. The number of aliphatic hydroxyl groups excluding tert-OH is 1. The van der Waals surface area contributed by atoms with Crippen LogP contribution in [0.15, 0.2) is 6.20 Å². The molecule has 3 rings (SSSR count). The van der Waals surface area contributed by atoms with Crippen molar-refractivity contribution < 1.29 is 5.11 Å². The number of nitrogens with zero attached hydrogens (tertiary/aromatic N) is 2. The minimum atomic E-state index is -0.269. The first-order chi connectivity index (χ1) is 10.2. The summed E-state index contributed by atoms with van der Waals surface area (Å²) < 4.78 is 0. The van der Waals surface area contributed by atoms with Crippen LogP contribution >= 0.6 is 11.3 Å². The number of thiazole rings is 1. The lowest BCUT2D eigenvalue weighted by molar-refractivity contribution is 0.0907. The maximum atomic E-state index is 10.1. The second-order valence-electron chi connectivity index (χ2n) is 6.71. The van der Waals surface area contributed by atoms with Gasteiger partial charge < -0.3 is 15.3 Å². The van der Waals surface area contributed by atoms with E-state index in [0.29, 0.717) is 6.54 Å². The van der Waals surface area contributed by atoms with E-state index in [1.54, 1.807) is 0 Å². The van der Waals surface area contributed by atoms with E-state index in [0.717, 1.165) is 38.0 Å². The van der Waals surface area contributed by atoms with Crippen molar-refractivity contribution >= 4 is 11.3 Å². The van der Waals surface area contributed by atoms with Crippen LogP contribution < -0.4 is 5.32 Å². The molecular weight excluding hydrogens is 282 g/mol. The zero-order valence-corrected chi connectivity index (χ0v) is 13.7. The van der Waals surface area contributed by atoms with Crippen LogP contribution in [0.4, 0.5) is 0 Å². The van der Waals surface area contributed by atoms with Crippen molar-refractivity contribution in [3.63, 3.8) is 0 Å². The van der Waals surface area contributed by atoms with E-state index in [2.05, 4.69) is 22.1 Å². The Morgan fingerprint density at radius 3 is 2.86 bits per heavy atom. The molecule has 1 saturated carbocycles. The van der Waals surface area contributed by atoms with Gasteiger partial charge in [-0.15, -0.1) is 11.3 Å². The number of hydrogen-bond acceptors (Lipinski definition) is 5. The molecule has 1 atom stereocenters. The molecule has 2 aliphatic rings. The lowest BCUT2D eigenvalue weighted by atomic mass is 9.99. The fraction of sp³-hybridized carbons (Fsp3) is 0.812. The molecule has 2 fully saturated rings. The molecule has 0 bridgehead atoms. The van der Waals surface area contributed by atoms with Crippen LogP contribution in [0.5, 0.6) is 0 Å². The van der Waals surface area contributed by atoms with Crippen molar-refractivity contribution in [3.8, 4) is 0 Å². The summed E-state index contributed by atoms with van der Waals surface area (Å²) in [5.41, 5.74) is 0. The molecular formula is C16H27N3OS. The highest BCUT2D eigenvalue weighted by molar-refractivity contribution is 7.11. The van der Waals surface area contributed by atoms with Crippen molar-refractivity contribution in [2.75, 3.05) is 26.2 Å². The Kier molecular flexibility index (Phi) is 5.27. The third-order valence-electron chi connectivity index (χ3n) is 4.52. The summed E-state index contributed by atoms with van der Waals surface area (Å²) in [6.07, 6.45) is 6.88. The van der Waals surface area contributed by atoms with Gasteiger partial charge in [0.15, 0.2) is 0 Å². The molecule has 4 nitrogen and oxygen atoms in total. The fourth-order valence-corrected chi connectivity index (χ4v) is 3.95. The van der Waals surface area contributed by atoms with Crippen LogP contribution in [-0.2, 0) is 6.54 Å². The minimum absolute atomic E-state index is 0.269. The van der Waals surface area contributed by atoms with Crippen molar-refractivity contribution in [2.24, 2.45) is 5.92 Å². The number of aromatic nitrogens is 1. The molecule has 1 saturated heterocycles. The highest BCUT2D eigenvalue weighted by atomic mass is 32.1. The number of piperidine rings is 1. The summed E-state index contributed by atoms with van der Waals surface area (Å²) in [5.74, 6) is 1.60. The Labute approximate surface area is 131 Å². The number of rotatable bonds is 7. The average molecular weight is 309 g/mol. The largest absolute Gasteiger partial charge is 0.390 e. The van der Waals surface area contributed by atoms with Crippen LogP contribution in [0.2, 0.25) is 0 Å². The van der Waals surface area contributed by atoms with E-state index in [9.17, 15) is 5.11 Å². The molecule has 1 aliphatic carbocycles. The summed E-state index contributed by atoms with van der Waals surface area (Å²) >= 11 is 1.83. The molecule has 2 N–H and O–H groups in total. The fourth-order valence-electron chi connectivity index (χ4n) is 2.89. The maximum Gasteiger partial charge on any atom is 0.0959 e. The smallest absolute Gasteiger partial charge is 0.0959 e. The monoisotopic (exact) mass is 309 g/mol. The first kappa shape index (κ1) is 15.4. The zero-order chi connectivity index (χ0) is 14.7. The van der Waals surface area contributed by atoms with Gasteiger partial charge in [-0.05, 0) is 44.7 Å². The van der Waals surface area contributed by atoms with Gasteiger partial charge in [0.1, 0.15) is 0 Å². The van der Waals surface area contributed by atoms with E-state index < -0.39 is 0 Å². The molecule has 1 aliphatic heterocycles. The normalized spacial score (nSPS) is 22.6. The molecule has 0 radical (unpaired) electrons. The Bertz CT molecular complexity index is 438. The summed E-state index contributed by atoms with van der Waals surface area (Å²) in [6.45, 7) is 6.90. The van der Waals surface area contributed by atoms with Gasteiger partial charge in [-0.25, -0.2) is 4.98 Å². The Balaban J connectivity index is 1.32. The van der Waals surface area contributed by atoms with Gasteiger partial charge in [0.25, 0.3) is 0 Å². The molecule has 5 heteroatoms. The number of likely N-dealkylation sites (tertiary alicyclic amines) is 1. The van der Waals surface area contributed by atoms with Gasteiger partial charge in [0, 0.05) is 36.6 Å². The highest BCUT2D eigenvalue weighted by Gasteiger charge is 2.26. The molecule has 1 unspecified atom stereocenters. The van der Waals surface area contributed by atoms with E-state index in [1.165, 1.54) is 35.6 Å². The Morgan fingerprint density at radius 2 is 2.14 bits per heavy atom. The first-order valence-electron chi connectivity index (χ1n) is 8.26. The molecule has 118 valence electrons. The SMILES string of the molecule is CC1CCN(CC(O)CNCc2cnc(C3CC3)s2)CC1. The zero-order valence-electron chi connectivity index (χ0n) is 12.9. The van der Waals surface area contributed by atoms with Gasteiger partial charge in [0.05, 0.1) is 11.1 Å². The van der Waals surface area contributed by atoms with Crippen LogP contribution in [0, 0.1) is 5.92 Å². The number of hydrogen-bond donors (Lipinski definition) is 2. The van der Waals surface area contributed by atoms with Gasteiger partial charge in [-0.3, -0.25) is 0 Å². The number of aliphatic hydroxyl groups is 1. The Morgan fingerprint density at radius 1 is 1.38 bits per heavy atom. The minimum Gasteiger partial charge on any atom is -0.390 e. The number of β-amino-alcohol motifs (C(OH)–C–C–N with tert-alkyl or cyclic N) is 1. The van der Waals surface area contributed by atoms with Gasteiger partial charge in [0.2, 0.25) is 0 Å². The second-order valence-corrected chi connectivity index (χ2v) is 7.85. The van der Waals surface area contributed by atoms with E-state index in [4.69, 9.17) is 0 Å². The molecule has 0 aromatic carbocycles. The van der Waals surface area contributed by atoms with Gasteiger partial charge in [-0.1, -0.05) is 6.92 Å². The average Bonchev–Trinajstić information content (AvgIpc) is 3.22. The van der Waals surface area contributed by atoms with Gasteiger partial charge >= 0.3 is 0 Å². The topological polar surface area (TPSA) is 48.4 Å². The van der Waals surface area contributed by atoms with Crippen LogP contribution in [-0.4, -0.2) is 47.3 Å². The molecule has 2 heterocycles. The third-order valence-corrected chi connectivity index (χ3v) is 5.68. The lowest BCUT2D eigenvalue weighted by Crippen LogP contribution is -2.41. The van der Waals surface area contributed by atoms with Crippen molar-refractivity contribution in [1.29, 1.82) is 0 Å². The first-order valence-corrected chi connectivity index (χ1v) is 9.08. The van der Waals surface area contributed by atoms with Crippen LogP contribution in [0.25, 0.3) is 0 Å². The molecule has 21 heavy (non-hydrogen) atoms. The lowest BCUT2D eigenvalue weighted by Gasteiger charge is -2.31. The summed E-state index contributed by atoms with van der Waals surface area (Å²) in [7, 11) is 0. The van der Waals surface area contributed by atoms with Gasteiger partial charge in [-0.2, -0.15) is 0 Å². The second kappa shape index (κ2) is 7.18. The van der Waals surface area contributed by atoms with Crippen molar-refractivity contribution in [3.05, 3.63) is 16.1 Å². The van der Waals surface area contributed by atoms with Crippen molar-refractivity contribution in [1.82, 2.24) is 15.2 Å². The van der Waals surface area contributed by atoms with Crippen LogP contribution in [0.3, 0.4) is 0 Å². The third kappa shape index (κ3) is 4.74. The quantitative estimate of drug-likeness (QED) is 0.811. The summed E-state index contributed by atoms with van der Waals surface area (Å²) in [4.78, 5) is 8.17. The van der Waals surface area contributed by atoms with E-state index in [1.807, 2.05) is 17.5 Å². The number of nitrogens with one attached hydrogen (secondary N) is 1. The predicted molar refractivity (Wildman–Crippen MR) is 86.6 cm³/mol. The van der Waals surface area contributed by atoms with Crippen molar-refractivity contribution in [2.45, 2.75) is 51.2 Å². The van der Waals surface area contributed by atoms with E-state index >= 15 is 0 Å². The molecule has 1 aromatic heterocycles. The standard InChI is InChI=1S/C16H27N3OS/c1-12-4-6-19(7-5-12)11-14(20)8-17-9-15-10-18-16(21-15)13-2-3-13/h10,12-14,17,20H,2-9,11H2,1H3. The summed E-state index contributed by atoms with van der Waals surface area (Å²) in [5, 5.41) is 14.8. The summed E-state index contributed by atoms with van der Waals surface area (Å²) in [6, 6.07) is 0. The maximum absolute atomic E-state index is 10.1. The van der Waals surface area contributed by atoms with Crippen LogP contribution in [0.1, 0.15) is 48.4 Å². The highest BCUT2D eigenvalue weighted by Crippen LogP contribution is 2.41. The van der Waals surface area contributed by atoms with E-state index in [-0.39, 0.29) is 6.10 Å². The Hall–Kier alpha value is -0.490.